The van der Waals surface area contributed by atoms with Gasteiger partial charge < -0.3 is 0 Å². The molecule has 0 nitrogen and oxygen atoms in total. The van der Waals surface area contributed by atoms with Gasteiger partial charge in [-0.3, -0.25) is 0 Å². The second-order valence-corrected chi connectivity index (χ2v) is 5.79. The highest BCUT2D eigenvalue weighted by molar-refractivity contribution is 7.07. The van der Waals surface area contributed by atoms with Crippen LogP contribution < -0.4 is 0 Å². The van der Waals surface area contributed by atoms with E-state index in [1.54, 1.807) is 23.5 Å². The minimum absolute atomic E-state index is 0.139. The van der Waals surface area contributed by atoms with Crippen LogP contribution >= 0.6 is 22.9 Å². The lowest BCUT2D eigenvalue weighted by atomic mass is 9.98. The highest BCUT2D eigenvalue weighted by atomic mass is 35.5. The number of thiophene rings is 1. The highest BCUT2D eigenvalue weighted by Crippen LogP contribution is 2.32. The Morgan fingerprint density at radius 1 is 1.05 bits per heavy atom. The Morgan fingerprint density at radius 2 is 1.84 bits per heavy atom. The van der Waals surface area contributed by atoms with Crippen LogP contribution in [0.25, 0.3) is 10.8 Å². The molecular formula is C16H12ClFS. The van der Waals surface area contributed by atoms with E-state index in [2.05, 4.69) is 11.4 Å². The summed E-state index contributed by atoms with van der Waals surface area (Å²) in [4.78, 5) is 0. The van der Waals surface area contributed by atoms with Crippen LogP contribution in [0.5, 0.6) is 0 Å². The Bertz CT molecular complexity index is 691. The van der Waals surface area contributed by atoms with E-state index >= 15 is 0 Å². The molecule has 19 heavy (non-hydrogen) atoms. The molecule has 1 atom stereocenters. The fourth-order valence-electron chi connectivity index (χ4n) is 2.28. The SMILES string of the molecule is Fc1ccc(C(Cl)Cc2ccsc2)c2ccccc12. The van der Waals surface area contributed by atoms with E-state index in [1.165, 1.54) is 11.6 Å². The smallest absolute Gasteiger partial charge is 0.131 e. The van der Waals surface area contributed by atoms with E-state index < -0.39 is 0 Å². The summed E-state index contributed by atoms with van der Waals surface area (Å²) >= 11 is 8.18. The number of hydrogen-bond acceptors (Lipinski definition) is 1. The summed E-state index contributed by atoms with van der Waals surface area (Å²) in [7, 11) is 0. The molecule has 0 fully saturated rings. The molecule has 96 valence electrons. The first kappa shape index (κ1) is 12.6. The maximum Gasteiger partial charge on any atom is 0.131 e. The Morgan fingerprint density at radius 3 is 2.58 bits per heavy atom. The predicted molar refractivity (Wildman–Crippen MR) is 80.5 cm³/mol. The van der Waals surface area contributed by atoms with Gasteiger partial charge in [-0.2, -0.15) is 11.3 Å². The van der Waals surface area contributed by atoms with Gasteiger partial charge >= 0.3 is 0 Å². The van der Waals surface area contributed by atoms with Gasteiger partial charge in [-0.15, -0.1) is 11.6 Å². The summed E-state index contributed by atoms with van der Waals surface area (Å²) in [5, 5.41) is 5.54. The van der Waals surface area contributed by atoms with E-state index in [4.69, 9.17) is 11.6 Å². The number of alkyl halides is 1. The molecular weight excluding hydrogens is 279 g/mol. The summed E-state index contributed by atoms with van der Waals surface area (Å²) in [6.07, 6.45) is 0.765. The molecule has 0 radical (unpaired) electrons. The average molecular weight is 291 g/mol. The Hall–Kier alpha value is -1.38. The molecule has 3 rings (SSSR count). The van der Waals surface area contributed by atoms with Crippen LogP contribution in [-0.4, -0.2) is 0 Å². The van der Waals surface area contributed by atoms with E-state index in [-0.39, 0.29) is 11.2 Å². The van der Waals surface area contributed by atoms with Crippen molar-refractivity contribution in [2.75, 3.05) is 0 Å². The number of benzene rings is 2. The van der Waals surface area contributed by atoms with Crippen LogP contribution in [0, 0.1) is 5.82 Å². The molecule has 3 aromatic rings. The standard InChI is InChI=1S/C16H12ClFS/c17-15(9-11-7-8-19-10-11)13-5-6-16(18)14-4-2-1-3-12(13)14/h1-8,10,15H,9H2. The van der Waals surface area contributed by atoms with Crippen molar-refractivity contribution in [2.45, 2.75) is 11.8 Å². The van der Waals surface area contributed by atoms with Crippen LogP contribution in [0.2, 0.25) is 0 Å². The number of fused-ring (bicyclic) bond motifs is 1. The number of halogens is 2. The molecule has 0 aliphatic heterocycles. The highest BCUT2D eigenvalue weighted by Gasteiger charge is 2.14. The molecule has 0 saturated carbocycles. The zero-order valence-electron chi connectivity index (χ0n) is 10.1. The largest absolute Gasteiger partial charge is 0.206 e. The van der Waals surface area contributed by atoms with Gasteiger partial charge in [0.25, 0.3) is 0 Å². The van der Waals surface area contributed by atoms with Crippen molar-refractivity contribution >= 4 is 33.7 Å². The van der Waals surface area contributed by atoms with Gasteiger partial charge in [-0.1, -0.05) is 30.3 Å². The van der Waals surface area contributed by atoms with Gasteiger partial charge in [-0.25, -0.2) is 4.39 Å². The summed E-state index contributed by atoms with van der Waals surface area (Å²) < 4.78 is 13.8. The maximum atomic E-state index is 13.8. The molecule has 0 aliphatic rings. The third-order valence-corrected chi connectivity index (χ3v) is 4.36. The third kappa shape index (κ3) is 2.51. The first-order chi connectivity index (χ1) is 9.25. The van der Waals surface area contributed by atoms with Crippen molar-refractivity contribution in [1.82, 2.24) is 0 Å². The first-order valence-electron chi connectivity index (χ1n) is 6.08. The monoisotopic (exact) mass is 290 g/mol. The average Bonchev–Trinajstić information content (AvgIpc) is 2.92. The molecule has 0 aliphatic carbocycles. The number of rotatable bonds is 3. The molecule has 1 aromatic heterocycles. The van der Waals surface area contributed by atoms with Gasteiger partial charge in [0.1, 0.15) is 5.82 Å². The lowest BCUT2D eigenvalue weighted by Crippen LogP contribution is -1.97. The maximum absolute atomic E-state index is 13.8. The second-order valence-electron chi connectivity index (χ2n) is 4.49. The van der Waals surface area contributed by atoms with E-state index in [9.17, 15) is 4.39 Å². The Labute approximate surface area is 120 Å². The molecule has 0 amide bonds. The van der Waals surface area contributed by atoms with Crippen molar-refractivity contribution in [3.05, 3.63) is 70.2 Å². The van der Waals surface area contributed by atoms with Crippen molar-refractivity contribution < 1.29 is 4.39 Å². The summed E-state index contributed by atoms with van der Waals surface area (Å²) in [6.45, 7) is 0. The third-order valence-electron chi connectivity index (χ3n) is 3.24. The summed E-state index contributed by atoms with van der Waals surface area (Å²) in [5.41, 5.74) is 2.21. The fourth-order valence-corrected chi connectivity index (χ4v) is 3.33. The first-order valence-corrected chi connectivity index (χ1v) is 7.46. The zero-order valence-corrected chi connectivity index (χ0v) is 11.7. The molecule has 0 spiro atoms. The van der Waals surface area contributed by atoms with Crippen LogP contribution in [0.4, 0.5) is 4.39 Å². The Balaban J connectivity index is 2.03. The molecule has 2 aromatic carbocycles. The molecule has 1 unspecified atom stereocenters. The molecule has 3 heteroatoms. The summed E-state index contributed by atoms with van der Waals surface area (Å²) in [5.74, 6) is -0.196. The van der Waals surface area contributed by atoms with Gasteiger partial charge in [0, 0.05) is 5.39 Å². The minimum Gasteiger partial charge on any atom is -0.206 e. The fraction of sp³-hybridized carbons (Fsp3) is 0.125. The van der Waals surface area contributed by atoms with E-state index in [0.717, 1.165) is 17.4 Å². The topological polar surface area (TPSA) is 0 Å². The van der Waals surface area contributed by atoms with Crippen LogP contribution in [-0.2, 0) is 6.42 Å². The molecule has 0 saturated heterocycles. The molecule has 0 N–H and O–H groups in total. The van der Waals surface area contributed by atoms with Crippen LogP contribution in [0.15, 0.2) is 53.2 Å². The summed E-state index contributed by atoms with van der Waals surface area (Å²) in [6, 6.07) is 12.9. The molecule has 0 bridgehead atoms. The van der Waals surface area contributed by atoms with Crippen LogP contribution in [0.1, 0.15) is 16.5 Å². The minimum atomic E-state index is -0.196. The second kappa shape index (κ2) is 5.32. The lowest BCUT2D eigenvalue weighted by Gasteiger charge is -2.12. The Kier molecular flexibility index (Phi) is 3.54. The van der Waals surface area contributed by atoms with Crippen molar-refractivity contribution in [1.29, 1.82) is 0 Å². The van der Waals surface area contributed by atoms with Crippen molar-refractivity contribution in [3.8, 4) is 0 Å². The zero-order chi connectivity index (χ0) is 13.2. The van der Waals surface area contributed by atoms with E-state index in [1.807, 2.05) is 23.6 Å². The van der Waals surface area contributed by atoms with Gasteiger partial charge in [-0.05, 0) is 45.8 Å². The van der Waals surface area contributed by atoms with E-state index in [0.29, 0.717) is 5.39 Å². The van der Waals surface area contributed by atoms with Gasteiger partial charge in [0.15, 0.2) is 0 Å². The van der Waals surface area contributed by atoms with Gasteiger partial charge in [0.2, 0.25) is 0 Å². The van der Waals surface area contributed by atoms with Crippen molar-refractivity contribution in [3.63, 3.8) is 0 Å². The quantitative estimate of drug-likeness (QED) is 0.554. The lowest BCUT2D eigenvalue weighted by molar-refractivity contribution is 0.639. The molecule has 1 heterocycles. The van der Waals surface area contributed by atoms with Gasteiger partial charge in [0.05, 0.1) is 5.38 Å². The predicted octanol–water partition coefficient (Wildman–Crippen LogP) is 5.56. The normalized spacial score (nSPS) is 12.7. The van der Waals surface area contributed by atoms with Crippen molar-refractivity contribution in [2.24, 2.45) is 0 Å². The van der Waals surface area contributed by atoms with Crippen LogP contribution in [0.3, 0.4) is 0 Å². The number of hydrogen-bond donors (Lipinski definition) is 0.